The summed E-state index contributed by atoms with van der Waals surface area (Å²) in [5.74, 6) is 0.602. The summed E-state index contributed by atoms with van der Waals surface area (Å²) in [5, 5.41) is 0. The van der Waals surface area contributed by atoms with Crippen LogP contribution in [0.5, 0.6) is 0 Å². The Kier molecular flexibility index (Phi) is 7.44. The van der Waals surface area contributed by atoms with E-state index in [9.17, 15) is 13.0 Å². The molecule has 1 aromatic rings. The Hall–Kier alpha value is -1.11. The number of hydrogen-bond acceptors (Lipinski definition) is 4. The number of aryl methyl sites for hydroxylation is 1. The molecular formula is C25H40O5S. The second kappa shape index (κ2) is 9.40. The first-order valence-electron chi connectivity index (χ1n) is 11.8. The molecule has 1 fully saturated rings. The summed E-state index contributed by atoms with van der Waals surface area (Å²) in [5.41, 5.74) is 4.25. The van der Waals surface area contributed by atoms with Gasteiger partial charge in [0.1, 0.15) is 0 Å². The molecule has 6 heteroatoms. The molecule has 2 aliphatic rings. The Morgan fingerprint density at radius 1 is 1.29 bits per heavy atom. The van der Waals surface area contributed by atoms with Crippen molar-refractivity contribution in [1.82, 2.24) is 0 Å². The van der Waals surface area contributed by atoms with Gasteiger partial charge in [0.2, 0.25) is 0 Å². The van der Waals surface area contributed by atoms with Gasteiger partial charge in [0.05, 0.1) is 18.6 Å². The lowest BCUT2D eigenvalue weighted by atomic mass is 9.49. The maximum absolute atomic E-state index is 11.7. The van der Waals surface area contributed by atoms with Crippen LogP contribution in [0.15, 0.2) is 34.2 Å². The first-order valence-corrected chi connectivity index (χ1v) is 13.1. The molecule has 0 bridgehead atoms. The van der Waals surface area contributed by atoms with Gasteiger partial charge < -0.3 is 4.42 Å². The highest BCUT2D eigenvalue weighted by molar-refractivity contribution is 7.80. The predicted molar refractivity (Wildman–Crippen MR) is 123 cm³/mol. The molecule has 1 aromatic heterocycles. The maximum atomic E-state index is 11.7. The van der Waals surface area contributed by atoms with Gasteiger partial charge in [-0.15, -0.1) is 0 Å². The van der Waals surface area contributed by atoms with E-state index in [1.165, 1.54) is 30.4 Å². The lowest BCUT2D eigenvalue weighted by Crippen LogP contribution is -2.46. The summed E-state index contributed by atoms with van der Waals surface area (Å²) in [4.78, 5) is 0. The highest BCUT2D eigenvalue weighted by atomic mass is 32.3. The molecule has 0 radical (unpaired) electrons. The van der Waals surface area contributed by atoms with Crippen molar-refractivity contribution in [3.63, 3.8) is 0 Å². The quantitative estimate of drug-likeness (QED) is 0.331. The monoisotopic (exact) mass is 452 g/mol. The van der Waals surface area contributed by atoms with Crippen LogP contribution in [0.25, 0.3) is 0 Å². The highest BCUT2D eigenvalue weighted by Crippen LogP contribution is 2.60. The number of fused-ring (bicyclic) bond motifs is 1. The average molecular weight is 453 g/mol. The van der Waals surface area contributed by atoms with E-state index in [0.29, 0.717) is 12.3 Å². The SMILES string of the molecule is CC1=C(CC(OS(=O)(=O)O)C(C)CCCc2ccoc2)[C@@]2(C)CCCC(C)(C)C2CC1. The molecule has 3 rings (SSSR count). The van der Waals surface area contributed by atoms with Crippen molar-refractivity contribution in [1.29, 1.82) is 0 Å². The number of allylic oxidation sites excluding steroid dienone is 1. The number of hydrogen-bond donors (Lipinski definition) is 1. The second-order valence-electron chi connectivity index (χ2n) is 10.9. The fourth-order valence-corrected chi connectivity index (χ4v) is 7.11. The minimum Gasteiger partial charge on any atom is -0.472 e. The molecule has 2 aliphatic carbocycles. The summed E-state index contributed by atoms with van der Waals surface area (Å²) in [6.07, 6.45) is 11.9. The van der Waals surface area contributed by atoms with E-state index in [2.05, 4.69) is 27.7 Å². The van der Waals surface area contributed by atoms with Crippen LogP contribution in [0.1, 0.15) is 91.5 Å². The third-order valence-electron chi connectivity index (χ3n) is 8.23. The summed E-state index contributed by atoms with van der Waals surface area (Å²) in [6, 6.07) is 1.96. The molecule has 0 aromatic carbocycles. The molecule has 0 aliphatic heterocycles. The van der Waals surface area contributed by atoms with E-state index in [4.69, 9.17) is 8.60 Å². The zero-order valence-corrected chi connectivity index (χ0v) is 20.6. The summed E-state index contributed by atoms with van der Waals surface area (Å²) >= 11 is 0. The maximum Gasteiger partial charge on any atom is 0.397 e. The molecular weight excluding hydrogens is 412 g/mol. The molecule has 0 amide bonds. The van der Waals surface area contributed by atoms with Crippen LogP contribution in [0.4, 0.5) is 0 Å². The smallest absolute Gasteiger partial charge is 0.397 e. The Labute approximate surface area is 188 Å². The molecule has 176 valence electrons. The second-order valence-corrected chi connectivity index (χ2v) is 11.9. The fourth-order valence-electron chi connectivity index (χ4n) is 6.54. The van der Waals surface area contributed by atoms with E-state index in [1.54, 1.807) is 12.5 Å². The number of furan rings is 1. The van der Waals surface area contributed by atoms with Gasteiger partial charge in [-0.2, -0.15) is 8.42 Å². The highest BCUT2D eigenvalue weighted by Gasteiger charge is 2.50. The molecule has 0 spiro atoms. The third kappa shape index (κ3) is 5.82. The van der Waals surface area contributed by atoms with E-state index < -0.39 is 16.5 Å². The van der Waals surface area contributed by atoms with Gasteiger partial charge in [0.25, 0.3) is 0 Å². The van der Waals surface area contributed by atoms with Gasteiger partial charge in [0, 0.05) is 0 Å². The Morgan fingerprint density at radius 2 is 2.03 bits per heavy atom. The van der Waals surface area contributed by atoms with Crippen molar-refractivity contribution in [2.45, 2.75) is 98.5 Å². The lowest BCUT2D eigenvalue weighted by molar-refractivity contribution is 0.00425. The van der Waals surface area contributed by atoms with Crippen LogP contribution in [0.2, 0.25) is 0 Å². The molecule has 1 N–H and O–H groups in total. The van der Waals surface area contributed by atoms with E-state index in [1.807, 2.05) is 13.0 Å². The van der Waals surface area contributed by atoms with Gasteiger partial charge in [0.15, 0.2) is 0 Å². The van der Waals surface area contributed by atoms with Crippen LogP contribution < -0.4 is 0 Å². The summed E-state index contributed by atoms with van der Waals surface area (Å²) in [7, 11) is -4.51. The van der Waals surface area contributed by atoms with Gasteiger partial charge >= 0.3 is 10.4 Å². The van der Waals surface area contributed by atoms with Crippen molar-refractivity contribution in [3.05, 3.63) is 35.3 Å². The van der Waals surface area contributed by atoms with Crippen molar-refractivity contribution >= 4 is 10.4 Å². The Balaban J connectivity index is 1.78. The average Bonchev–Trinajstić information content (AvgIpc) is 3.15. The van der Waals surface area contributed by atoms with Crippen LogP contribution in [0.3, 0.4) is 0 Å². The largest absolute Gasteiger partial charge is 0.472 e. The minimum absolute atomic E-state index is 0.00898. The normalized spacial score (nSPS) is 28.3. The van der Waals surface area contributed by atoms with E-state index >= 15 is 0 Å². The number of rotatable bonds is 9. The van der Waals surface area contributed by atoms with E-state index in [-0.39, 0.29) is 16.7 Å². The molecule has 31 heavy (non-hydrogen) atoms. The lowest BCUT2D eigenvalue weighted by Gasteiger charge is -2.55. The first-order chi connectivity index (χ1) is 14.4. The third-order valence-corrected chi connectivity index (χ3v) is 8.72. The van der Waals surface area contributed by atoms with Crippen LogP contribution in [-0.4, -0.2) is 19.1 Å². The molecule has 4 atom stereocenters. The van der Waals surface area contributed by atoms with Crippen LogP contribution >= 0.6 is 0 Å². The standard InChI is InChI=1S/C25H40O5S/c1-18-10-11-23-24(3,4)13-7-14-25(23,5)21(18)16-22(30-31(26,27)28)19(2)8-6-9-20-12-15-29-17-20/h12,15,17,19,22-23H,6-11,13-14,16H2,1-5H3,(H,26,27,28)/t19?,22?,23?,25-/m1/s1. The molecule has 1 heterocycles. The van der Waals surface area contributed by atoms with Gasteiger partial charge in [-0.05, 0) is 92.6 Å². The predicted octanol–water partition coefficient (Wildman–Crippen LogP) is 6.76. The Bertz CT molecular complexity index is 868. The summed E-state index contributed by atoms with van der Waals surface area (Å²) in [6.45, 7) is 11.4. The molecule has 0 saturated heterocycles. The minimum atomic E-state index is -4.51. The molecule has 3 unspecified atom stereocenters. The topological polar surface area (TPSA) is 76.7 Å². The molecule has 1 saturated carbocycles. The Morgan fingerprint density at radius 3 is 2.68 bits per heavy atom. The van der Waals surface area contributed by atoms with Gasteiger partial charge in [-0.1, -0.05) is 45.3 Å². The van der Waals surface area contributed by atoms with Crippen molar-refractivity contribution < 1.29 is 21.6 Å². The first kappa shape index (κ1) is 24.5. The van der Waals surface area contributed by atoms with Crippen molar-refractivity contribution in [3.8, 4) is 0 Å². The van der Waals surface area contributed by atoms with E-state index in [0.717, 1.165) is 37.7 Å². The zero-order chi connectivity index (χ0) is 22.9. The van der Waals surface area contributed by atoms with Crippen LogP contribution in [0, 0.1) is 22.7 Å². The van der Waals surface area contributed by atoms with Crippen molar-refractivity contribution in [2.75, 3.05) is 0 Å². The zero-order valence-electron chi connectivity index (χ0n) is 19.8. The van der Waals surface area contributed by atoms with Crippen LogP contribution in [-0.2, 0) is 21.0 Å². The van der Waals surface area contributed by atoms with Crippen molar-refractivity contribution in [2.24, 2.45) is 22.7 Å². The fraction of sp³-hybridized carbons (Fsp3) is 0.760. The summed E-state index contributed by atoms with van der Waals surface area (Å²) < 4.78 is 43.3. The van der Waals surface area contributed by atoms with Gasteiger partial charge in [-0.25, -0.2) is 4.18 Å². The molecule has 5 nitrogen and oxygen atoms in total. The van der Waals surface area contributed by atoms with Gasteiger partial charge in [-0.3, -0.25) is 4.55 Å².